The molecule has 0 radical (unpaired) electrons. The fourth-order valence-electron chi connectivity index (χ4n) is 1.54. The Morgan fingerprint density at radius 2 is 2.19 bits per heavy atom. The number of benzene rings is 1. The lowest BCUT2D eigenvalue weighted by atomic mass is 10.0. The van der Waals surface area contributed by atoms with Gasteiger partial charge in [-0.05, 0) is 29.8 Å². The summed E-state index contributed by atoms with van der Waals surface area (Å²) >= 11 is 5.99. The molecule has 1 aromatic carbocycles. The second-order valence-electron chi connectivity index (χ2n) is 3.32. The Labute approximate surface area is 97.0 Å². The minimum atomic E-state index is -0.387. The third kappa shape index (κ3) is 2.09. The van der Waals surface area contributed by atoms with Gasteiger partial charge in [-0.3, -0.25) is 5.84 Å². The third-order valence-electron chi connectivity index (χ3n) is 2.31. The van der Waals surface area contributed by atoms with Gasteiger partial charge in [0.05, 0.1) is 18.6 Å². The van der Waals surface area contributed by atoms with E-state index in [4.69, 9.17) is 21.9 Å². The molecule has 3 nitrogen and oxygen atoms in total. The fraction of sp³-hybridized carbons (Fsp3) is 0.0909. The normalized spacial score (nSPS) is 12.7. The van der Waals surface area contributed by atoms with Gasteiger partial charge in [-0.15, -0.1) is 0 Å². The maximum absolute atomic E-state index is 13.1. The molecule has 5 heteroatoms. The maximum atomic E-state index is 13.1. The number of halogens is 2. The van der Waals surface area contributed by atoms with Gasteiger partial charge in [0.15, 0.2) is 0 Å². The van der Waals surface area contributed by atoms with Gasteiger partial charge in [-0.1, -0.05) is 11.6 Å². The zero-order chi connectivity index (χ0) is 11.5. The lowest BCUT2D eigenvalue weighted by Gasteiger charge is -2.16. The summed E-state index contributed by atoms with van der Waals surface area (Å²) in [5, 5.41) is 0.450. The molecule has 0 aliphatic carbocycles. The number of hydrogen-bond acceptors (Lipinski definition) is 3. The Balaban J connectivity index is 2.44. The molecule has 1 unspecified atom stereocenters. The van der Waals surface area contributed by atoms with Crippen molar-refractivity contribution in [2.45, 2.75) is 6.04 Å². The van der Waals surface area contributed by atoms with Gasteiger partial charge in [0, 0.05) is 10.6 Å². The summed E-state index contributed by atoms with van der Waals surface area (Å²) in [7, 11) is 0. The van der Waals surface area contributed by atoms with Gasteiger partial charge in [-0.25, -0.2) is 9.82 Å². The minimum absolute atomic E-state index is 0.358. The van der Waals surface area contributed by atoms with E-state index < -0.39 is 0 Å². The Morgan fingerprint density at radius 1 is 1.38 bits per heavy atom. The van der Waals surface area contributed by atoms with Crippen LogP contribution in [0.4, 0.5) is 4.39 Å². The van der Waals surface area contributed by atoms with Crippen LogP contribution < -0.4 is 11.3 Å². The number of hydrogen-bond donors (Lipinski definition) is 2. The molecular weight excluding hydrogens is 231 g/mol. The molecule has 0 bridgehead atoms. The molecule has 1 aromatic heterocycles. The topological polar surface area (TPSA) is 51.2 Å². The molecular formula is C11H10ClFN2O. The summed E-state index contributed by atoms with van der Waals surface area (Å²) in [5.74, 6) is 5.08. The van der Waals surface area contributed by atoms with Crippen molar-refractivity contribution in [3.8, 4) is 0 Å². The van der Waals surface area contributed by atoms with Crippen molar-refractivity contribution < 1.29 is 8.81 Å². The summed E-state index contributed by atoms with van der Waals surface area (Å²) in [6.07, 6.45) is 3.05. The largest absolute Gasteiger partial charge is 0.472 e. The molecule has 0 aliphatic heterocycles. The van der Waals surface area contributed by atoms with Crippen LogP contribution in [0.3, 0.4) is 0 Å². The van der Waals surface area contributed by atoms with Crippen LogP contribution in [0, 0.1) is 5.82 Å². The van der Waals surface area contributed by atoms with E-state index in [1.54, 1.807) is 6.07 Å². The second-order valence-corrected chi connectivity index (χ2v) is 3.73. The van der Waals surface area contributed by atoms with Gasteiger partial charge in [0.25, 0.3) is 0 Å². The molecule has 1 heterocycles. The molecule has 16 heavy (non-hydrogen) atoms. The first-order chi connectivity index (χ1) is 7.72. The van der Waals surface area contributed by atoms with Crippen molar-refractivity contribution in [2.75, 3.05) is 0 Å². The summed E-state index contributed by atoms with van der Waals surface area (Å²) in [4.78, 5) is 0. The summed E-state index contributed by atoms with van der Waals surface area (Å²) in [6.45, 7) is 0. The molecule has 0 amide bonds. The van der Waals surface area contributed by atoms with Crippen molar-refractivity contribution >= 4 is 11.6 Å². The summed E-state index contributed by atoms with van der Waals surface area (Å²) in [6, 6.07) is 5.50. The predicted octanol–water partition coefficient (Wildman–Crippen LogP) is 2.62. The molecule has 0 aliphatic rings. The molecule has 0 spiro atoms. The highest BCUT2D eigenvalue weighted by molar-refractivity contribution is 6.31. The van der Waals surface area contributed by atoms with Crippen molar-refractivity contribution in [3.63, 3.8) is 0 Å². The zero-order valence-corrected chi connectivity index (χ0v) is 9.04. The van der Waals surface area contributed by atoms with Gasteiger partial charge < -0.3 is 4.42 Å². The standard InChI is InChI=1S/C11H10ClFN2O/c12-10-2-1-8(13)5-9(10)11(15-14)7-3-4-16-6-7/h1-6,11,15H,14H2. The van der Waals surface area contributed by atoms with E-state index in [0.29, 0.717) is 10.6 Å². The molecule has 0 saturated heterocycles. The monoisotopic (exact) mass is 240 g/mol. The lowest BCUT2D eigenvalue weighted by molar-refractivity contribution is 0.552. The quantitative estimate of drug-likeness (QED) is 0.641. The average molecular weight is 241 g/mol. The van der Waals surface area contributed by atoms with Gasteiger partial charge in [0.2, 0.25) is 0 Å². The zero-order valence-electron chi connectivity index (χ0n) is 8.28. The van der Waals surface area contributed by atoms with Crippen LogP contribution in [0.2, 0.25) is 5.02 Å². The first-order valence-electron chi connectivity index (χ1n) is 4.65. The third-order valence-corrected chi connectivity index (χ3v) is 2.66. The van der Waals surface area contributed by atoms with Crippen molar-refractivity contribution in [1.29, 1.82) is 0 Å². The van der Waals surface area contributed by atoms with Gasteiger partial charge >= 0.3 is 0 Å². The molecule has 84 valence electrons. The van der Waals surface area contributed by atoms with Crippen molar-refractivity contribution in [1.82, 2.24) is 5.43 Å². The molecule has 0 saturated carbocycles. The molecule has 2 aromatic rings. The Hall–Kier alpha value is -1.36. The van der Waals surface area contributed by atoms with E-state index in [2.05, 4.69) is 5.43 Å². The Kier molecular flexibility index (Phi) is 3.24. The molecule has 0 fully saturated rings. The number of rotatable bonds is 3. The smallest absolute Gasteiger partial charge is 0.123 e. The van der Waals surface area contributed by atoms with Crippen LogP contribution in [0.1, 0.15) is 17.2 Å². The maximum Gasteiger partial charge on any atom is 0.123 e. The van der Waals surface area contributed by atoms with E-state index in [0.717, 1.165) is 5.56 Å². The van der Waals surface area contributed by atoms with E-state index >= 15 is 0 Å². The van der Waals surface area contributed by atoms with Crippen molar-refractivity contribution in [3.05, 3.63) is 58.8 Å². The number of furan rings is 1. The number of hydrazine groups is 1. The summed E-state index contributed by atoms with van der Waals surface area (Å²) in [5.41, 5.74) is 3.94. The second kappa shape index (κ2) is 4.65. The SMILES string of the molecule is NNC(c1ccoc1)c1cc(F)ccc1Cl. The lowest BCUT2D eigenvalue weighted by Crippen LogP contribution is -2.28. The fourth-order valence-corrected chi connectivity index (χ4v) is 1.77. The van der Waals surface area contributed by atoms with Crippen LogP contribution in [-0.2, 0) is 0 Å². The minimum Gasteiger partial charge on any atom is -0.472 e. The Morgan fingerprint density at radius 3 is 2.81 bits per heavy atom. The number of nitrogens with two attached hydrogens (primary N) is 1. The first-order valence-corrected chi connectivity index (χ1v) is 5.03. The van der Waals surface area contributed by atoms with Crippen LogP contribution in [0.5, 0.6) is 0 Å². The molecule has 3 N–H and O–H groups in total. The Bertz CT molecular complexity index is 473. The van der Waals surface area contributed by atoms with Crippen LogP contribution in [0.15, 0.2) is 41.2 Å². The van der Waals surface area contributed by atoms with Gasteiger partial charge in [0.1, 0.15) is 5.82 Å². The predicted molar refractivity (Wildman–Crippen MR) is 59.3 cm³/mol. The van der Waals surface area contributed by atoms with E-state index in [9.17, 15) is 4.39 Å². The van der Waals surface area contributed by atoms with Gasteiger partial charge in [-0.2, -0.15) is 0 Å². The highest BCUT2D eigenvalue weighted by atomic mass is 35.5. The van der Waals surface area contributed by atoms with Crippen LogP contribution >= 0.6 is 11.6 Å². The first kappa shape index (κ1) is 11.1. The number of nitrogens with one attached hydrogen (secondary N) is 1. The molecule has 1 atom stereocenters. The summed E-state index contributed by atoms with van der Waals surface area (Å²) < 4.78 is 18.1. The van der Waals surface area contributed by atoms with Crippen LogP contribution in [0.25, 0.3) is 0 Å². The van der Waals surface area contributed by atoms with E-state index in [-0.39, 0.29) is 11.9 Å². The highest BCUT2D eigenvalue weighted by Crippen LogP contribution is 2.28. The highest BCUT2D eigenvalue weighted by Gasteiger charge is 2.17. The van der Waals surface area contributed by atoms with Crippen LogP contribution in [-0.4, -0.2) is 0 Å². The van der Waals surface area contributed by atoms with E-state index in [1.807, 2.05) is 0 Å². The van der Waals surface area contributed by atoms with E-state index in [1.165, 1.54) is 30.7 Å². The average Bonchev–Trinajstić information content (AvgIpc) is 2.78. The van der Waals surface area contributed by atoms with Crippen molar-refractivity contribution in [2.24, 2.45) is 5.84 Å². The molecule has 2 rings (SSSR count).